The molecule has 4 aliphatic rings. The van der Waals surface area contributed by atoms with Gasteiger partial charge in [-0.3, -0.25) is 10.00 Å². The van der Waals surface area contributed by atoms with E-state index in [1.165, 1.54) is 7.11 Å². The lowest BCUT2D eigenvalue weighted by molar-refractivity contribution is -0.0266. The molecule has 14 heteroatoms. The molecule has 8 rings (SSSR count). The van der Waals surface area contributed by atoms with E-state index in [9.17, 15) is 5.11 Å². The number of methoxy groups -OCH3 is 1. The number of anilines is 1. The summed E-state index contributed by atoms with van der Waals surface area (Å²) < 4.78 is 41.3. The third kappa shape index (κ3) is 6.39. The molecule has 51 heavy (non-hydrogen) atoms. The van der Waals surface area contributed by atoms with E-state index in [4.69, 9.17) is 45.5 Å². The zero-order chi connectivity index (χ0) is 35.3. The molecule has 2 N–H and O–H groups in total. The molecule has 0 bridgehead atoms. The van der Waals surface area contributed by atoms with E-state index in [2.05, 4.69) is 15.1 Å². The van der Waals surface area contributed by atoms with E-state index in [-0.39, 0.29) is 47.1 Å². The minimum atomic E-state index is -1.18. The predicted octanol–water partition coefficient (Wildman–Crippen LogP) is 5.85. The molecule has 12 nitrogen and oxygen atoms in total. The van der Waals surface area contributed by atoms with Crippen molar-refractivity contribution >= 4 is 39.2 Å². The van der Waals surface area contributed by atoms with Gasteiger partial charge in [0.15, 0.2) is 5.82 Å². The first-order valence-corrected chi connectivity index (χ1v) is 18.6. The first-order chi connectivity index (χ1) is 24.7. The van der Waals surface area contributed by atoms with Crippen molar-refractivity contribution in [3.05, 3.63) is 28.7 Å². The highest BCUT2D eigenvalue weighted by atomic mass is 35.5. The summed E-state index contributed by atoms with van der Waals surface area (Å²) in [4.78, 5) is 19.1. The van der Waals surface area contributed by atoms with Crippen LogP contribution in [0.15, 0.2) is 12.3 Å². The van der Waals surface area contributed by atoms with E-state index in [0.717, 1.165) is 76.7 Å². The van der Waals surface area contributed by atoms with Crippen molar-refractivity contribution in [3.63, 3.8) is 0 Å². The normalized spacial score (nSPS) is 27.8. The number of fused-ring (bicyclic) bond motifs is 3. The molecule has 0 radical (unpaired) electrons. The van der Waals surface area contributed by atoms with Gasteiger partial charge in [-0.15, -0.1) is 0 Å². The van der Waals surface area contributed by atoms with Crippen molar-refractivity contribution in [2.24, 2.45) is 5.41 Å². The average molecular weight is 724 g/mol. The van der Waals surface area contributed by atoms with E-state index in [0.29, 0.717) is 59.1 Å². The quantitative estimate of drug-likeness (QED) is 0.238. The van der Waals surface area contributed by atoms with Crippen molar-refractivity contribution < 1.29 is 28.4 Å². The summed E-state index contributed by atoms with van der Waals surface area (Å²) in [6, 6.07) is 2.86. The second-order valence-corrected chi connectivity index (χ2v) is 15.5. The number of ether oxygens (including phenoxy) is 4. The average Bonchev–Trinajstić information content (AvgIpc) is 3.61. The van der Waals surface area contributed by atoms with Crippen molar-refractivity contribution in [1.29, 1.82) is 0 Å². The summed E-state index contributed by atoms with van der Waals surface area (Å²) in [6.45, 7) is 7.84. The summed E-state index contributed by atoms with van der Waals surface area (Å²) >= 11 is 6.87. The number of halogens is 2. The van der Waals surface area contributed by atoms with Crippen LogP contribution in [-0.2, 0) is 9.47 Å². The van der Waals surface area contributed by atoms with Gasteiger partial charge in [0.2, 0.25) is 5.88 Å². The number of likely N-dealkylation sites (tertiary alicyclic amines) is 1. The Labute approximate surface area is 302 Å². The van der Waals surface area contributed by atoms with Crippen LogP contribution in [0.3, 0.4) is 0 Å². The summed E-state index contributed by atoms with van der Waals surface area (Å²) in [5, 5.41) is 19.6. The molecule has 3 saturated heterocycles. The number of benzene rings is 1. The number of aryl methyl sites for hydroxylation is 1. The zero-order valence-corrected chi connectivity index (χ0v) is 30.4. The molecule has 0 amide bonds. The third-order valence-electron chi connectivity index (χ3n) is 11.5. The first kappa shape index (κ1) is 34.7. The maximum Gasteiger partial charge on any atom is 0.319 e. The molecule has 4 atom stereocenters. The fourth-order valence-electron chi connectivity index (χ4n) is 9.13. The number of β-amino-alcohol motifs (C(OH)–C–C–N with tert-alkyl or cyclic N) is 1. The fourth-order valence-corrected chi connectivity index (χ4v) is 9.37. The molecule has 6 heterocycles. The monoisotopic (exact) mass is 723 g/mol. The second-order valence-electron chi connectivity index (χ2n) is 15.1. The van der Waals surface area contributed by atoms with Gasteiger partial charge in [0, 0.05) is 48.2 Å². The Morgan fingerprint density at radius 1 is 1.08 bits per heavy atom. The number of rotatable bonds is 7. The van der Waals surface area contributed by atoms with E-state index < -0.39 is 11.4 Å². The van der Waals surface area contributed by atoms with Crippen LogP contribution >= 0.6 is 11.6 Å². The highest BCUT2D eigenvalue weighted by molar-refractivity contribution is 6.35. The van der Waals surface area contributed by atoms with Gasteiger partial charge in [-0.2, -0.15) is 15.1 Å². The Kier molecular flexibility index (Phi) is 9.45. The smallest absolute Gasteiger partial charge is 0.319 e. The molecule has 1 aliphatic carbocycles. The van der Waals surface area contributed by atoms with E-state index in [1.54, 1.807) is 13.1 Å². The molecule has 3 aromatic heterocycles. The molecule has 4 aromatic rings. The van der Waals surface area contributed by atoms with Crippen LogP contribution in [0.1, 0.15) is 63.9 Å². The molecule has 274 valence electrons. The van der Waals surface area contributed by atoms with Crippen molar-refractivity contribution in [1.82, 2.24) is 30.0 Å². The zero-order valence-electron chi connectivity index (χ0n) is 29.6. The number of aliphatic hydroxyl groups is 1. The SMILES string of the molecule is COc1nc(-c2c(Cl)c(C)cc3[nH]ncc23)c(F)c2nc(OCC34CCCC3N(C3CCCOCC3)CCC4)nc(N3CCOCC(C)(O)C3)c12. The lowest BCUT2D eigenvalue weighted by Crippen LogP contribution is -2.55. The topological polar surface area (TPSA) is 131 Å². The van der Waals surface area contributed by atoms with Gasteiger partial charge < -0.3 is 29.0 Å². The lowest BCUT2D eigenvalue weighted by atomic mass is 9.74. The summed E-state index contributed by atoms with van der Waals surface area (Å²) in [5.74, 6) is -0.182. The number of H-pyrrole nitrogens is 1. The van der Waals surface area contributed by atoms with Crippen LogP contribution in [0.5, 0.6) is 11.9 Å². The van der Waals surface area contributed by atoms with Crippen molar-refractivity contribution in [3.8, 4) is 23.1 Å². The van der Waals surface area contributed by atoms with Gasteiger partial charge >= 0.3 is 6.01 Å². The summed E-state index contributed by atoms with van der Waals surface area (Å²) in [7, 11) is 1.49. The lowest BCUT2D eigenvalue weighted by Gasteiger charge is -2.49. The van der Waals surface area contributed by atoms with Crippen LogP contribution in [0.2, 0.25) is 5.02 Å². The maximum atomic E-state index is 17.2. The summed E-state index contributed by atoms with van der Waals surface area (Å²) in [6.07, 6.45) is 10.4. The van der Waals surface area contributed by atoms with Crippen LogP contribution in [0.4, 0.5) is 10.2 Å². The summed E-state index contributed by atoms with van der Waals surface area (Å²) in [5.41, 5.74) is 0.601. The molecule has 0 spiro atoms. The maximum absolute atomic E-state index is 17.2. The Bertz CT molecular complexity index is 1920. The Morgan fingerprint density at radius 2 is 1.94 bits per heavy atom. The predicted molar refractivity (Wildman–Crippen MR) is 192 cm³/mol. The Balaban J connectivity index is 1.23. The molecule has 4 unspecified atom stereocenters. The van der Waals surface area contributed by atoms with Crippen LogP contribution in [-0.4, -0.2) is 113 Å². The van der Waals surface area contributed by atoms with Crippen molar-refractivity contribution in [2.75, 3.05) is 64.7 Å². The molecule has 4 fully saturated rings. The van der Waals surface area contributed by atoms with Gasteiger partial charge in [0.25, 0.3) is 0 Å². The highest BCUT2D eigenvalue weighted by Gasteiger charge is 2.50. The van der Waals surface area contributed by atoms with Crippen molar-refractivity contribution in [2.45, 2.75) is 82.9 Å². The minimum absolute atomic E-state index is 0.0000686. The van der Waals surface area contributed by atoms with Gasteiger partial charge in [-0.25, -0.2) is 9.37 Å². The number of hydrogen-bond acceptors (Lipinski definition) is 11. The third-order valence-corrected chi connectivity index (χ3v) is 12.0. The Hall–Kier alpha value is -3.36. The number of nitrogens with one attached hydrogen (secondary N) is 1. The van der Waals surface area contributed by atoms with E-state index >= 15 is 4.39 Å². The first-order valence-electron chi connectivity index (χ1n) is 18.3. The van der Waals surface area contributed by atoms with E-state index in [1.807, 2.05) is 17.9 Å². The number of piperidine rings is 1. The number of nitrogens with zero attached hydrogens (tertiary/aromatic N) is 6. The number of aromatic nitrogens is 5. The highest BCUT2D eigenvalue weighted by Crippen LogP contribution is 2.50. The van der Waals surface area contributed by atoms with Crippen LogP contribution in [0, 0.1) is 18.2 Å². The van der Waals surface area contributed by atoms with Crippen LogP contribution < -0.4 is 14.4 Å². The standard InChI is InChI=1S/C37H47ClFN7O5/c1-22-17-25-24(18-40-44-25)27(29(22)38)31-30(39)32-28(34(41-31)48-3)33(45-13-16-50-20-36(2,47)19-45)43-35(42-32)51-21-37-10-4-8-26(37)46(12-6-11-37)23-7-5-14-49-15-9-23/h17-18,23,26,47H,4-16,19-21H2,1-3H3,(H,40,44). The molecular weight excluding hydrogens is 677 g/mol. The van der Waals surface area contributed by atoms with Gasteiger partial charge in [-0.05, 0) is 77.0 Å². The minimum Gasteiger partial charge on any atom is -0.480 e. The number of hydrogen-bond donors (Lipinski definition) is 2. The number of aromatic amines is 1. The number of pyridine rings is 1. The van der Waals surface area contributed by atoms with Gasteiger partial charge in [0.05, 0.1) is 50.2 Å². The fraction of sp³-hybridized carbons (Fsp3) is 0.622. The van der Waals surface area contributed by atoms with Gasteiger partial charge in [-0.1, -0.05) is 18.0 Å². The Morgan fingerprint density at radius 3 is 2.80 bits per heavy atom. The largest absolute Gasteiger partial charge is 0.480 e. The molecular formula is C37H47ClFN7O5. The molecule has 1 aromatic carbocycles. The van der Waals surface area contributed by atoms with Gasteiger partial charge in [0.1, 0.15) is 28.0 Å². The molecule has 1 saturated carbocycles. The van der Waals surface area contributed by atoms with Crippen LogP contribution in [0.25, 0.3) is 33.1 Å². The second kappa shape index (κ2) is 13.9. The molecule has 3 aliphatic heterocycles.